The number of allylic oxidation sites excluding steroid dienone is 2. The van der Waals surface area contributed by atoms with Gasteiger partial charge in [0, 0.05) is 0 Å². The minimum absolute atomic E-state index is 0.885. The highest BCUT2D eigenvalue weighted by Gasteiger charge is 2.32. The fourth-order valence-electron chi connectivity index (χ4n) is 9.52. The molecule has 4 aliphatic rings. The van der Waals surface area contributed by atoms with Crippen LogP contribution < -0.4 is 0 Å². The van der Waals surface area contributed by atoms with Crippen LogP contribution in [-0.2, 0) is 4.74 Å². The predicted octanol–water partition coefficient (Wildman–Crippen LogP) is 12.5. The van der Waals surface area contributed by atoms with Crippen LogP contribution in [0.2, 0.25) is 0 Å². The first-order valence-electron chi connectivity index (χ1n) is 19.0. The van der Waals surface area contributed by atoms with Crippen LogP contribution in [-0.4, -0.2) is 13.2 Å². The molecular weight excluding hydrogens is 496 g/mol. The molecule has 0 saturated heterocycles. The molecule has 0 radical (unpaired) electrons. The van der Waals surface area contributed by atoms with Crippen LogP contribution in [0.15, 0.2) is 23.3 Å². The highest BCUT2D eigenvalue weighted by atomic mass is 16.5. The van der Waals surface area contributed by atoms with Gasteiger partial charge in [-0.05, 0) is 148 Å². The van der Waals surface area contributed by atoms with E-state index in [1.807, 2.05) is 0 Å². The molecule has 4 atom stereocenters. The Morgan fingerprint density at radius 3 is 1.32 bits per heavy atom. The third-order valence-corrected chi connectivity index (χ3v) is 12.8. The Bertz CT molecular complexity index is 698. The Hall–Kier alpha value is -0.560. The summed E-state index contributed by atoms with van der Waals surface area (Å²) in [4.78, 5) is 0. The molecule has 0 heterocycles. The van der Waals surface area contributed by atoms with Crippen molar-refractivity contribution in [1.29, 1.82) is 0 Å². The zero-order valence-corrected chi connectivity index (χ0v) is 28.2. The highest BCUT2D eigenvalue weighted by Crippen LogP contribution is 2.44. The molecular formula is C40H70O. The second-order valence-corrected chi connectivity index (χ2v) is 15.6. The van der Waals surface area contributed by atoms with Crippen molar-refractivity contribution < 1.29 is 4.74 Å². The van der Waals surface area contributed by atoms with Gasteiger partial charge in [-0.25, -0.2) is 0 Å². The quantitative estimate of drug-likeness (QED) is 0.133. The van der Waals surface area contributed by atoms with Crippen LogP contribution in [0.5, 0.6) is 0 Å². The summed E-state index contributed by atoms with van der Waals surface area (Å²) in [6.45, 7) is 11.5. The fraction of sp³-hybridized carbons (Fsp3) is 0.900. The largest absolute Gasteiger partial charge is 0.373 e. The van der Waals surface area contributed by atoms with Crippen molar-refractivity contribution >= 4 is 0 Å². The fourth-order valence-corrected chi connectivity index (χ4v) is 9.52. The Balaban J connectivity index is 1.07. The van der Waals surface area contributed by atoms with Crippen LogP contribution in [0.1, 0.15) is 169 Å². The van der Waals surface area contributed by atoms with Crippen molar-refractivity contribution in [2.24, 2.45) is 47.3 Å². The van der Waals surface area contributed by atoms with Gasteiger partial charge in [0.15, 0.2) is 0 Å². The lowest BCUT2D eigenvalue weighted by molar-refractivity contribution is 0.142. The molecule has 0 amide bonds. The third kappa shape index (κ3) is 10.8. The average molecular weight is 567 g/mol. The molecule has 41 heavy (non-hydrogen) atoms. The Kier molecular flexibility index (Phi) is 14.9. The van der Waals surface area contributed by atoms with E-state index in [0.717, 1.165) is 60.6 Å². The maximum absolute atomic E-state index is 6.30. The van der Waals surface area contributed by atoms with Crippen molar-refractivity contribution in [2.45, 2.75) is 169 Å². The lowest BCUT2D eigenvalue weighted by Crippen LogP contribution is -2.26. The second kappa shape index (κ2) is 18.3. The first-order valence-corrected chi connectivity index (χ1v) is 19.0. The van der Waals surface area contributed by atoms with E-state index < -0.39 is 0 Å². The maximum Gasteiger partial charge on any atom is 0.0681 e. The van der Waals surface area contributed by atoms with Crippen molar-refractivity contribution in [3.63, 3.8) is 0 Å². The Morgan fingerprint density at radius 2 is 0.976 bits per heavy atom. The van der Waals surface area contributed by atoms with Gasteiger partial charge in [0.05, 0.1) is 13.2 Å². The number of unbranched alkanes of at least 4 members (excludes halogenated alkanes) is 4. The van der Waals surface area contributed by atoms with E-state index in [4.69, 9.17) is 4.74 Å². The van der Waals surface area contributed by atoms with Gasteiger partial charge in [0.25, 0.3) is 0 Å². The molecule has 2 fully saturated rings. The highest BCUT2D eigenvalue weighted by molar-refractivity contribution is 5.10. The van der Waals surface area contributed by atoms with Gasteiger partial charge in [-0.3, -0.25) is 0 Å². The Morgan fingerprint density at radius 1 is 0.561 bits per heavy atom. The van der Waals surface area contributed by atoms with Crippen molar-refractivity contribution in [3.8, 4) is 0 Å². The minimum Gasteiger partial charge on any atom is -0.373 e. The van der Waals surface area contributed by atoms with E-state index >= 15 is 0 Å². The maximum atomic E-state index is 6.30. The van der Waals surface area contributed by atoms with Crippen LogP contribution in [0.25, 0.3) is 0 Å². The monoisotopic (exact) mass is 567 g/mol. The SMILES string of the molecule is CCCCCC(C)C1CCC(C2CC=C(COCC3=CCC(C4CCC(C(C)CCCCC)CC4)CC3)CC2)CC1. The first kappa shape index (κ1) is 33.3. The van der Waals surface area contributed by atoms with Gasteiger partial charge in [-0.15, -0.1) is 0 Å². The molecule has 1 nitrogen and oxygen atoms in total. The van der Waals surface area contributed by atoms with Crippen LogP contribution in [0.3, 0.4) is 0 Å². The number of rotatable bonds is 16. The standard InChI is InChI=1S/C40H70O/c1-5-7-9-11-31(3)35-21-25-39(26-22-35)37-17-13-33(14-18-37)29-41-30-34-15-19-38(20-16-34)40-27-23-36(24-28-40)32(4)12-10-8-6-2/h13,15,31-32,35-40H,5-12,14,16-30H2,1-4H3. The summed E-state index contributed by atoms with van der Waals surface area (Å²) >= 11 is 0. The molecule has 0 spiro atoms. The van der Waals surface area contributed by atoms with Crippen LogP contribution in [0, 0.1) is 47.3 Å². The summed E-state index contributed by atoms with van der Waals surface area (Å²) in [7, 11) is 0. The normalized spacial score (nSPS) is 32.7. The van der Waals surface area contributed by atoms with E-state index in [1.165, 1.54) is 141 Å². The zero-order chi connectivity index (χ0) is 28.9. The van der Waals surface area contributed by atoms with Gasteiger partial charge in [0.2, 0.25) is 0 Å². The second-order valence-electron chi connectivity index (χ2n) is 15.6. The van der Waals surface area contributed by atoms with E-state index in [1.54, 1.807) is 11.1 Å². The van der Waals surface area contributed by atoms with Crippen molar-refractivity contribution in [1.82, 2.24) is 0 Å². The van der Waals surface area contributed by atoms with Gasteiger partial charge < -0.3 is 4.74 Å². The lowest BCUT2D eigenvalue weighted by Gasteiger charge is -2.37. The first-order chi connectivity index (χ1) is 20.1. The molecule has 4 aliphatic carbocycles. The molecule has 0 aromatic carbocycles. The summed E-state index contributed by atoms with van der Waals surface area (Å²) < 4.78 is 6.30. The smallest absolute Gasteiger partial charge is 0.0681 e. The molecule has 0 aromatic rings. The van der Waals surface area contributed by atoms with E-state index in [-0.39, 0.29) is 0 Å². The van der Waals surface area contributed by atoms with Gasteiger partial charge >= 0.3 is 0 Å². The summed E-state index contributed by atoms with van der Waals surface area (Å²) in [5, 5.41) is 0. The molecule has 0 aliphatic heterocycles. The van der Waals surface area contributed by atoms with Crippen molar-refractivity contribution in [3.05, 3.63) is 23.3 Å². The molecule has 1 heteroatoms. The molecule has 2 saturated carbocycles. The number of hydrogen-bond donors (Lipinski definition) is 0. The summed E-state index contributed by atoms with van der Waals surface area (Å²) in [6.07, 6.45) is 36.7. The summed E-state index contributed by atoms with van der Waals surface area (Å²) in [5.74, 6) is 7.83. The molecule has 236 valence electrons. The van der Waals surface area contributed by atoms with E-state index in [2.05, 4.69) is 39.8 Å². The molecule has 0 N–H and O–H groups in total. The molecule has 4 rings (SSSR count). The predicted molar refractivity (Wildman–Crippen MR) is 179 cm³/mol. The molecule has 4 unspecified atom stereocenters. The topological polar surface area (TPSA) is 9.23 Å². The number of ether oxygens (including phenoxy) is 1. The van der Waals surface area contributed by atoms with E-state index in [0.29, 0.717) is 0 Å². The summed E-state index contributed by atoms with van der Waals surface area (Å²) in [5.41, 5.74) is 3.18. The van der Waals surface area contributed by atoms with E-state index in [9.17, 15) is 0 Å². The third-order valence-electron chi connectivity index (χ3n) is 12.8. The van der Waals surface area contributed by atoms with Crippen molar-refractivity contribution in [2.75, 3.05) is 13.2 Å². The Labute approximate surface area is 257 Å². The lowest BCUT2D eigenvalue weighted by atomic mass is 9.68. The van der Waals surface area contributed by atoms with Gasteiger partial charge in [-0.1, -0.05) is 91.2 Å². The molecule has 0 aromatic heterocycles. The van der Waals surface area contributed by atoms with Gasteiger partial charge in [-0.2, -0.15) is 0 Å². The minimum atomic E-state index is 0.885. The van der Waals surface area contributed by atoms with Crippen LogP contribution in [0.4, 0.5) is 0 Å². The average Bonchev–Trinajstić information content (AvgIpc) is 3.02. The molecule has 0 bridgehead atoms. The zero-order valence-electron chi connectivity index (χ0n) is 28.2. The number of hydrogen-bond acceptors (Lipinski definition) is 1. The van der Waals surface area contributed by atoms with Crippen LogP contribution >= 0.6 is 0 Å². The summed E-state index contributed by atoms with van der Waals surface area (Å²) in [6, 6.07) is 0. The van der Waals surface area contributed by atoms with Gasteiger partial charge in [0.1, 0.15) is 0 Å².